The predicted molar refractivity (Wildman–Crippen MR) is 86.8 cm³/mol. The average Bonchev–Trinajstić information content (AvgIpc) is 3.16. The highest BCUT2D eigenvalue weighted by Gasteiger charge is 2.44. The zero-order chi connectivity index (χ0) is 16.8. The van der Waals surface area contributed by atoms with E-state index in [0.29, 0.717) is 18.2 Å². The molecule has 0 bridgehead atoms. The Bertz CT molecular complexity index is 780. The Morgan fingerprint density at radius 1 is 1.29 bits per heavy atom. The molecule has 6 heteroatoms. The third kappa shape index (κ3) is 2.60. The molecule has 0 radical (unpaired) electrons. The molecule has 1 N–H and O–H groups in total. The number of alkyl halides is 1. The number of carbonyl (C=O) groups excluding carboxylic acids is 1. The summed E-state index contributed by atoms with van der Waals surface area (Å²) in [6.45, 7) is 0. The summed E-state index contributed by atoms with van der Waals surface area (Å²) in [5.74, 6) is -0.145. The van der Waals surface area contributed by atoms with Gasteiger partial charge < -0.3 is 5.32 Å². The molecular weight excluding hydrogens is 312 g/mol. The van der Waals surface area contributed by atoms with Gasteiger partial charge in [0.15, 0.2) is 0 Å². The Kier molecular flexibility index (Phi) is 3.62. The number of aromatic nitrogens is 2. The van der Waals surface area contributed by atoms with Crippen molar-refractivity contribution in [3.8, 4) is 11.3 Å². The van der Waals surface area contributed by atoms with Gasteiger partial charge in [0.25, 0.3) is 0 Å². The number of hydrogen-bond donors (Lipinski definition) is 1. The van der Waals surface area contributed by atoms with Crippen LogP contribution in [0.3, 0.4) is 0 Å². The maximum absolute atomic E-state index is 13.2. The molecule has 2 aliphatic rings. The number of rotatable bonds is 4. The lowest BCUT2D eigenvalue weighted by Gasteiger charge is -2.27. The van der Waals surface area contributed by atoms with Crippen molar-refractivity contribution in [2.24, 2.45) is 13.0 Å². The molecule has 0 aliphatic heterocycles. The third-order valence-electron chi connectivity index (χ3n) is 5.01. The lowest BCUT2D eigenvalue weighted by atomic mass is 9.79. The van der Waals surface area contributed by atoms with Crippen molar-refractivity contribution in [3.05, 3.63) is 35.6 Å². The topological polar surface area (TPSA) is 46.9 Å². The first-order valence-corrected chi connectivity index (χ1v) is 8.32. The summed E-state index contributed by atoms with van der Waals surface area (Å²) in [4.78, 5) is 12.2. The molecule has 4 rings (SSSR count). The molecule has 1 amide bonds. The van der Waals surface area contributed by atoms with Crippen LogP contribution >= 0.6 is 0 Å². The van der Waals surface area contributed by atoms with Gasteiger partial charge in [-0.2, -0.15) is 5.10 Å². The number of benzene rings is 1. The molecule has 2 aliphatic carbocycles. The van der Waals surface area contributed by atoms with Crippen molar-refractivity contribution in [1.29, 1.82) is 0 Å². The highest BCUT2D eigenvalue weighted by molar-refractivity contribution is 5.95. The smallest absolute Gasteiger partial charge is 0.231 e. The van der Waals surface area contributed by atoms with Gasteiger partial charge in [0.05, 0.1) is 11.6 Å². The molecule has 2 fully saturated rings. The van der Waals surface area contributed by atoms with Crippen LogP contribution in [0, 0.1) is 11.7 Å². The van der Waals surface area contributed by atoms with Crippen LogP contribution in [-0.2, 0) is 11.8 Å². The summed E-state index contributed by atoms with van der Waals surface area (Å²) in [5.41, 5.74) is 2.58. The van der Waals surface area contributed by atoms with Gasteiger partial charge in [0, 0.05) is 18.2 Å². The maximum atomic E-state index is 13.2. The van der Waals surface area contributed by atoms with Gasteiger partial charge in [-0.3, -0.25) is 9.48 Å². The molecule has 1 aromatic carbocycles. The van der Waals surface area contributed by atoms with E-state index in [1.807, 2.05) is 0 Å². The second kappa shape index (κ2) is 5.69. The van der Waals surface area contributed by atoms with E-state index in [9.17, 15) is 13.6 Å². The Balaban J connectivity index is 1.72. The summed E-state index contributed by atoms with van der Waals surface area (Å²) in [6.07, 6.45) is 2.50. The van der Waals surface area contributed by atoms with Gasteiger partial charge in [0.2, 0.25) is 5.91 Å². The van der Waals surface area contributed by atoms with E-state index in [1.54, 1.807) is 23.9 Å². The van der Waals surface area contributed by atoms with E-state index in [-0.39, 0.29) is 11.7 Å². The second-order valence-corrected chi connectivity index (χ2v) is 6.72. The average molecular weight is 331 g/mol. The monoisotopic (exact) mass is 331 g/mol. The predicted octanol–water partition coefficient (Wildman–Crippen LogP) is 3.79. The summed E-state index contributed by atoms with van der Waals surface area (Å²) in [6, 6.07) is 6.21. The number of nitrogens with zero attached hydrogens (tertiary/aromatic N) is 2. The van der Waals surface area contributed by atoms with Crippen molar-refractivity contribution in [1.82, 2.24) is 9.78 Å². The molecule has 2 atom stereocenters. The molecule has 0 unspecified atom stereocenters. The number of aryl methyl sites for hydroxylation is 1. The fourth-order valence-electron chi connectivity index (χ4n) is 3.24. The van der Waals surface area contributed by atoms with E-state index in [4.69, 9.17) is 0 Å². The zero-order valence-electron chi connectivity index (χ0n) is 13.4. The van der Waals surface area contributed by atoms with Crippen molar-refractivity contribution < 1.29 is 13.6 Å². The van der Waals surface area contributed by atoms with Crippen LogP contribution in [0.4, 0.5) is 14.6 Å². The number of hydrogen-bond acceptors (Lipinski definition) is 2. The van der Waals surface area contributed by atoms with Crippen LogP contribution in [0.2, 0.25) is 0 Å². The molecule has 2 saturated carbocycles. The molecule has 126 valence electrons. The summed E-state index contributed by atoms with van der Waals surface area (Å²) in [7, 11) is 1.77. The second-order valence-electron chi connectivity index (χ2n) is 6.72. The standard InChI is InChI=1S/C18H19F2N3O/c1-23-17(21-18(24)13-9-14(13)20)15(10-3-2-4-10)16(22-23)11-5-7-12(19)8-6-11/h5-8,10,13-14H,2-4,9H2,1H3,(H,21,24)/t13-,14+/m1/s1. The third-order valence-corrected chi connectivity index (χ3v) is 5.01. The van der Waals surface area contributed by atoms with E-state index >= 15 is 0 Å². The van der Waals surface area contributed by atoms with Gasteiger partial charge in [-0.15, -0.1) is 0 Å². The molecule has 1 heterocycles. The first-order chi connectivity index (χ1) is 11.5. The fraction of sp³-hybridized carbons (Fsp3) is 0.444. The number of halogens is 2. The number of anilines is 1. The largest absolute Gasteiger partial charge is 0.310 e. The van der Waals surface area contributed by atoms with Crippen LogP contribution in [0.1, 0.15) is 37.2 Å². The minimum Gasteiger partial charge on any atom is -0.310 e. The van der Waals surface area contributed by atoms with Crippen molar-refractivity contribution in [3.63, 3.8) is 0 Å². The highest BCUT2D eigenvalue weighted by atomic mass is 19.1. The Morgan fingerprint density at radius 3 is 2.50 bits per heavy atom. The summed E-state index contributed by atoms with van der Waals surface area (Å²) < 4.78 is 28.0. The summed E-state index contributed by atoms with van der Waals surface area (Å²) >= 11 is 0. The van der Waals surface area contributed by atoms with E-state index in [1.165, 1.54) is 12.1 Å². The lowest BCUT2D eigenvalue weighted by Crippen LogP contribution is -2.20. The van der Waals surface area contributed by atoms with Crippen molar-refractivity contribution >= 4 is 11.7 Å². The normalized spacial score (nSPS) is 23.0. The minimum atomic E-state index is -1.03. The molecule has 1 aromatic heterocycles. The van der Waals surface area contributed by atoms with Crippen molar-refractivity contribution in [2.75, 3.05) is 5.32 Å². The van der Waals surface area contributed by atoms with Crippen molar-refractivity contribution in [2.45, 2.75) is 37.8 Å². The van der Waals surface area contributed by atoms with Crippen LogP contribution < -0.4 is 5.32 Å². The van der Waals surface area contributed by atoms with Crippen LogP contribution in [-0.4, -0.2) is 21.9 Å². The number of amides is 1. The minimum absolute atomic E-state index is 0.281. The summed E-state index contributed by atoms with van der Waals surface area (Å²) in [5, 5.41) is 7.42. The Morgan fingerprint density at radius 2 is 1.96 bits per heavy atom. The van der Waals surface area contributed by atoms with Crippen LogP contribution in [0.5, 0.6) is 0 Å². The van der Waals surface area contributed by atoms with Gasteiger partial charge in [-0.1, -0.05) is 6.42 Å². The molecule has 0 spiro atoms. The Hall–Kier alpha value is -2.24. The number of carbonyl (C=O) groups is 1. The number of nitrogens with one attached hydrogen (secondary N) is 1. The van der Waals surface area contributed by atoms with Crippen LogP contribution in [0.25, 0.3) is 11.3 Å². The molecular formula is C18H19F2N3O. The Labute approximate surface area is 138 Å². The van der Waals surface area contributed by atoms with E-state index < -0.39 is 12.1 Å². The van der Waals surface area contributed by atoms with Gasteiger partial charge in [-0.25, -0.2) is 8.78 Å². The van der Waals surface area contributed by atoms with Crippen LogP contribution in [0.15, 0.2) is 24.3 Å². The molecule has 0 saturated heterocycles. The SMILES string of the molecule is Cn1nc(-c2ccc(F)cc2)c(C2CCC2)c1NC(=O)[C@@H]1C[C@@H]1F. The van der Waals surface area contributed by atoms with Gasteiger partial charge in [0.1, 0.15) is 17.8 Å². The molecule has 2 aromatic rings. The van der Waals surface area contributed by atoms with Gasteiger partial charge in [-0.05, 0) is 49.4 Å². The highest BCUT2D eigenvalue weighted by Crippen LogP contribution is 2.45. The zero-order valence-corrected chi connectivity index (χ0v) is 13.4. The quantitative estimate of drug-likeness (QED) is 0.926. The van der Waals surface area contributed by atoms with Gasteiger partial charge >= 0.3 is 0 Å². The lowest BCUT2D eigenvalue weighted by molar-refractivity contribution is -0.117. The fourth-order valence-corrected chi connectivity index (χ4v) is 3.24. The van der Waals surface area contributed by atoms with E-state index in [2.05, 4.69) is 10.4 Å². The maximum Gasteiger partial charge on any atom is 0.231 e. The first-order valence-electron chi connectivity index (χ1n) is 8.32. The van der Waals surface area contributed by atoms with E-state index in [0.717, 1.165) is 36.1 Å². The molecule has 24 heavy (non-hydrogen) atoms. The molecule has 4 nitrogen and oxygen atoms in total. The first kappa shape index (κ1) is 15.3.